The standard InChI is InChI=1S/C66H48N2O2Si2/c1-71(2)59-25-13-11-21-51(59)63-55(23-15-27-61(63)71)67(45-17-7-5-8-18-45)47-31-29-41-37-53-49-33-34-50-54-38-42-30-32-48(36-44(42)40-58(54)70-66(50)65(49)69-57(53)39-43(41)35-47)68(46-19-9-6-10-20-46)56-24-16-28-62-64(56)52-22-12-14-26-60(52)72(62,3)4/h5-40H,1-4H3. The molecule has 0 saturated heterocycles. The molecular formula is C66H48N2O2Si2. The van der Waals surface area contributed by atoms with Crippen molar-refractivity contribution in [2.24, 2.45) is 0 Å². The van der Waals surface area contributed by atoms with Gasteiger partial charge in [0.25, 0.3) is 0 Å². The molecule has 0 radical (unpaired) electrons. The van der Waals surface area contributed by atoms with E-state index in [4.69, 9.17) is 8.83 Å². The fourth-order valence-electron chi connectivity index (χ4n) is 12.7. The van der Waals surface area contributed by atoms with Crippen LogP contribution in [0.1, 0.15) is 0 Å². The van der Waals surface area contributed by atoms with Gasteiger partial charge in [-0.15, -0.1) is 0 Å². The molecule has 2 aliphatic heterocycles. The van der Waals surface area contributed by atoms with Gasteiger partial charge in [0.1, 0.15) is 27.3 Å². The topological polar surface area (TPSA) is 32.8 Å². The van der Waals surface area contributed by atoms with E-state index >= 15 is 0 Å². The molecule has 11 aromatic carbocycles. The van der Waals surface area contributed by atoms with Crippen LogP contribution in [0.15, 0.2) is 227 Å². The molecule has 0 atom stereocenters. The molecule has 13 aromatic rings. The van der Waals surface area contributed by atoms with Gasteiger partial charge in [0.05, 0.1) is 11.4 Å². The highest BCUT2D eigenvalue weighted by Gasteiger charge is 2.41. The molecule has 15 rings (SSSR count). The zero-order valence-electron chi connectivity index (χ0n) is 40.5. The Hall–Kier alpha value is -8.43. The second kappa shape index (κ2) is 15.0. The average Bonchev–Trinajstić information content (AvgIpc) is 4.10. The molecule has 342 valence electrons. The Bertz CT molecular complexity index is 4130. The first kappa shape index (κ1) is 41.4. The Kier molecular flexibility index (Phi) is 8.64. The van der Waals surface area contributed by atoms with Gasteiger partial charge in [-0.2, -0.15) is 0 Å². The quantitative estimate of drug-likeness (QED) is 0.156. The summed E-state index contributed by atoms with van der Waals surface area (Å²) in [6.07, 6.45) is 0. The van der Waals surface area contributed by atoms with E-state index in [1.807, 2.05) is 0 Å². The number of hydrogen-bond donors (Lipinski definition) is 0. The Morgan fingerprint density at radius 1 is 0.306 bits per heavy atom. The SMILES string of the molecule is C[Si]1(C)c2ccccc2-c2c(N(c3ccccc3)c3ccc4cc5c(cc4c3)oc3c5ccc4c5cc6ccc(N(c7ccccc7)c7cccc8c7-c7ccccc7[Si]8(C)C)cc6cc5oc43)cccc21. The highest BCUT2D eigenvalue weighted by Crippen LogP contribution is 2.47. The molecule has 0 spiro atoms. The normalized spacial score (nSPS) is 14.1. The summed E-state index contributed by atoms with van der Waals surface area (Å²) in [7, 11) is -3.78. The van der Waals surface area contributed by atoms with Crippen molar-refractivity contribution in [1.82, 2.24) is 0 Å². The minimum Gasteiger partial charge on any atom is -0.452 e. The maximum atomic E-state index is 6.91. The van der Waals surface area contributed by atoms with Crippen molar-refractivity contribution in [2.45, 2.75) is 26.2 Å². The predicted octanol–water partition coefficient (Wildman–Crippen LogP) is 16.3. The Morgan fingerprint density at radius 3 is 1.15 bits per heavy atom. The molecule has 2 aromatic heterocycles. The first-order chi connectivity index (χ1) is 35.2. The van der Waals surface area contributed by atoms with Gasteiger partial charge in [0, 0.05) is 55.4 Å². The maximum Gasteiger partial charge on any atom is 0.178 e. The van der Waals surface area contributed by atoms with Crippen molar-refractivity contribution < 1.29 is 8.83 Å². The van der Waals surface area contributed by atoms with Crippen LogP contribution in [0.2, 0.25) is 26.2 Å². The first-order valence-corrected chi connectivity index (χ1v) is 31.1. The van der Waals surface area contributed by atoms with Gasteiger partial charge in [-0.05, 0) is 150 Å². The monoisotopic (exact) mass is 956 g/mol. The summed E-state index contributed by atoms with van der Waals surface area (Å²) >= 11 is 0. The van der Waals surface area contributed by atoms with Crippen LogP contribution in [0.4, 0.5) is 34.1 Å². The minimum absolute atomic E-state index is 0.773. The first-order valence-electron chi connectivity index (χ1n) is 25.1. The number of benzene rings is 11. The van der Waals surface area contributed by atoms with E-state index in [1.165, 1.54) is 54.4 Å². The zero-order chi connectivity index (χ0) is 48.0. The van der Waals surface area contributed by atoms with E-state index in [9.17, 15) is 0 Å². The molecule has 4 nitrogen and oxygen atoms in total. The number of para-hydroxylation sites is 2. The summed E-state index contributed by atoms with van der Waals surface area (Å²) in [5.41, 5.74) is 15.5. The van der Waals surface area contributed by atoms with Gasteiger partial charge in [0.15, 0.2) is 11.2 Å². The predicted molar refractivity (Wildman–Crippen MR) is 310 cm³/mol. The van der Waals surface area contributed by atoms with E-state index < -0.39 is 16.1 Å². The maximum absolute atomic E-state index is 6.91. The van der Waals surface area contributed by atoms with Gasteiger partial charge in [-0.1, -0.05) is 148 Å². The number of hydrogen-bond acceptors (Lipinski definition) is 4. The number of anilines is 6. The van der Waals surface area contributed by atoms with Gasteiger partial charge < -0.3 is 18.6 Å². The lowest BCUT2D eigenvalue weighted by Gasteiger charge is -2.29. The van der Waals surface area contributed by atoms with E-state index in [2.05, 4.69) is 254 Å². The molecule has 0 unspecified atom stereocenters. The van der Waals surface area contributed by atoms with Gasteiger partial charge >= 0.3 is 0 Å². The summed E-state index contributed by atoms with van der Waals surface area (Å²) in [6, 6.07) is 80.6. The fraction of sp³-hybridized carbons (Fsp3) is 0.0606. The van der Waals surface area contributed by atoms with Gasteiger partial charge in [0.2, 0.25) is 0 Å². The largest absolute Gasteiger partial charge is 0.452 e. The van der Waals surface area contributed by atoms with Crippen LogP contribution in [0.25, 0.3) is 87.7 Å². The molecule has 0 fully saturated rings. The van der Waals surface area contributed by atoms with E-state index in [1.54, 1.807) is 0 Å². The number of rotatable bonds is 6. The Balaban J connectivity index is 0.852. The zero-order valence-corrected chi connectivity index (χ0v) is 42.5. The van der Waals surface area contributed by atoms with Crippen molar-refractivity contribution >= 4 is 136 Å². The summed E-state index contributed by atoms with van der Waals surface area (Å²) in [6.45, 7) is 9.93. The van der Waals surface area contributed by atoms with Gasteiger partial charge in [-0.25, -0.2) is 0 Å². The van der Waals surface area contributed by atoms with Crippen molar-refractivity contribution in [3.63, 3.8) is 0 Å². The molecule has 0 N–H and O–H groups in total. The molecule has 0 bridgehead atoms. The highest BCUT2D eigenvalue weighted by molar-refractivity contribution is 7.04. The van der Waals surface area contributed by atoms with Crippen molar-refractivity contribution in [3.8, 4) is 22.3 Å². The molecule has 2 aliphatic rings. The molecule has 6 heteroatoms. The minimum atomic E-state index is -1.89. The summed E-state index contributed by atoms with van der Waals surface area (Å²) < 4.78 is 13.8. The lowest BCUT2D eigenvalue weighted by Crippen LogP contribution is -2.49. The smallest absolute Gasteiger partial charge is 0.178 e. The van der Waals surface area contributed by atoms with E-state index in [0.717, 1.165) is 88.2 Å². The van der Waals surface area contributed by atoms with Crippen molar-refractivity contribution in [3.05, 3.63) is 218 Å². The summed E-state index contributed by atoms with van der Waals surface area (Å²) in [5, 5.41) is 14.8. The van der Waals surface area contributed by atoms with Crippen molar-refractivity contribution in [1.29, 1.82) is 0 Å². The fourth-order valence-corrected chi connectivity index (χ4v) is 18.8. The van der Waals surface area contributed by atoms with E-state index in [0.29, 0.717) is 0 Å². The van der Waals surface area contributed by atoms with Crippen LogP contribution in [0.3, 0.4) is 0 Å². The van der Waals surface area contributed by atoms with Crippen LogP contribution in [0.5, 0.6) is 0 Å². The molecule has 0 amide bonds. The highest BCUT2D eigenvalue weighted by atomic mass is 28.3. The van der Waals surface area contributed by atoms with Crippen LogP contribution in [-0.2, 0) is 0 Å². The summed E-state index contributed by atoms with van der Waals surface area (Å²) in [4.78, 5) is 4.87. The number of furan rings is 2. The lowest BCUT2D eigenvalue weighted by atomic mass is 10.0. The molecule has 72 heavy (non-hydrogen) atoms. The second-order valence-corrected chi connectivity index (χ2v) is 29.5. The molecular weight excluding hydrogens is 909 g/mol. The van der Waals surface area contributed by atoms with E-state index in [-0.39, 0.29) is 0 Å². The Morgan fingerprint density at radius 2 is 0.708 bits per heavy atom. The number of fused-ring (bicyclic) bond motifs is 15. The lowest BCUT2D eigenvalue weighted by molar-refractivity contribution is 0.634. The Labute approximate surface area is 419 Å². The second-order valence-electron chi connectivity index (χ2n) is 20.9. The van der Waals surface area contributed by atoms with Crippen LogP contribution in [-0.4, -0.2) is 16.1 Å². The average molecular weight is 957 g/mol. The van der Waals surface area contributed by atoms with Crippen molar-refractivity contribution in [2.75, 3.05) is 9.80 Å². The van der Waals surface area contributed by atoms with Gasteiger partial charge in [-0.3, -0.25) is 0 Å². The third-order valence-electron chi connectivity index (χ3n) is 16.2. The third-order valence-corrected chi connectivity index (χ3v) is 23.3. The third kappa shape index (κ3) is 5.85. The number of nitrogens with zero attached hydrogens (tertiary/aromatic N) is 2. The molecule has 4 heterocycles. The van der Waals surface area contributed by atoms with Crippen LogP contribution < -0.4 is 30.5 Å². The molecule has 0 saturated carbocycles. The van der Waals surface area contributed by atoms with Crippen LogP contribution in [0, 0.1) is 0 Å². The molecule has 0 aliphatic carbocycles. The van der Waals surface area contributed by atoms with Crippen LogP contribution >= 0.6 is 0 Å². The summed E-state index contributed by atoms with van der Waals surface area (Å²) in [5.74, 6) is 0.